The molecule has 0 atom stereocenters. The van der Waals surface area contributed by atoms with Gasteiger partial charge in [-0.1, -0.05) is 146 Å². The summed E-state index contributed by atoms with van der Waals surface area (Å²) in [4.78, 5) is 0. The Bertz CT molecular complexity index is 3490. The molecule has 0 radical (unpaired) electrons. The van der Waals surface area contributed by atoms with Crippen molar-refractivity contribution in [3.63, 3.8) is 0 Å². The van der Waals surface area contributed by atoms with Gasteiger partial charge in [0.1, 0.15) is 0 Å². The van der Waals surface area contributed by atoms with Crippen molar-refractivity contribution in [3.8, 4) is 44.8 Å². The molecule has 0 saturated carbocycles. The predicted molar refractivity (Wildman–Crippen MR) is 244 cm³/mol. The topological polar surface area (TPSA) is 9.86 Å². The Morgan fingerprint density at radius 3 is 1.65 bits per heavy atom. The fraction of sp³-hybridized carbons (Fsp3) is 0. The fourth-order valence-corrected chi connectivity index (χ4v) is 10.4. The first-order valence-corrected chi connectivity index (χ1v) is 20.3. The van der Waals surface area contributed by atoms with Gasteiger partial charge >= 0.3 is 0 Å². The number of hydrogen-bond acceptors (Lipinski definition) is 1. The molecule has 0 saturated heterocycles. The second-order valence-corrected chi connectivity index (χ2v) is 15.9. The fourth-order valence-electron chi connectivity index (χ4n) is 9.15. The van der Waals surface area contributed by atoms with Crippen molar-refractivity contribution in [1.82, 2.24) is 9.13 Å². The minimum Gasteiger partial charge on any atom is -0.309 e. The van der Waals surface area contributed by atoms with Gasteiger partial charge in [-0.2, -0.15) is 0 Å². The number of hydrogen-bond donors (Lipinski definition) is 0. The molecule has 9 aromatic carbocycles. The zero-order chi connectivity index (χ0) is 37.5. The summed E-state index contributed by atoms with van der Waals surface area (Å²) in [6.45, 7) is 0. The quantitative estimate of drug-likeness (QED) is 0.166. The van der Waals surface area contributed by atoms with Gasteiger partial charge in [-0.05, 0) is 94.0 Å². The maximum absolute atomic E-state index is 2.41. The largest absolute Gasteiger partial charge is 0.309 e. The predicted octanol–water partition coefficient (Wildman–Crippen LogP) is 15.2. The standard InChI is InChI=1S/C54H34N2S/c1-2-12-39(13-3-1)56-49-21-8-5-16-46(49)53-41(17-11-22-51(53)56)36-26-24-35(25-27-36)38-30-33-50-47(34-38)43-14-4-7-20-48(43)55(50)40-31-28-37(29-32-40)42-18-10-19-45-44-15-6-9-23-52(44)57-54(42)45/h1-34H. The van der Waals surface area contributed by atoms with Crippen LogP contribution in [0.15, 0.2) is 206 Å². The first-order chi connectivity index (χ1) is 28.3. The molecule has 0 aliphatic heterocycles. The number of fused-ring (bicyclic) bond motifs is 9. The Hall–Kier alpha value is -7.20. The Morgan fingerprint density at radius 1 is 0.298 bits per heavy atom. The average Bonchev–Trinajstić information content (AvgIpc) is 3.95. The minimum absolute atomic E-state index is 1.16. The maximum atomic E-state index is 2.41. The monoisotopic (exact) mass is 742 g/mol. The van der Waals surface area contributed by atoms with Crippen molar-refractivity contribution in [2.24, 2.45) is 0 Å². The van der Waals surface area contributed by atoms with E-state index in [-0.39, 0.29) is 0 Å². The number of benzene rings is 9. The summed E-state index contributed by atoms with van der Waals surface area (Å²) in [5.74, 6) is 0. The van der Waals surface area contributed by atoms with Crippen LogP contribution >= 0.6 is 11.3 Å². The Kier molecular flexibility index (Phi) is 7.13. The molecule has 2 nitrogen and oxygen atoms in total. The number of para-hydroxylation sites is 3. The molecule has 57 heavy (non-hydrogen) atoms. The van der Waals surface area contributed by atoms with Crippen LogP contribution in [0, 0.1) is 0 Å². The summed E-state index contributed by atoms with van der Waals surface area (Å²) in [7, 11) is 0. The van der Waals surface area contributed by atoms with Crippen LogP contribution in [-0.2, 0) is 0 Å². The van der Waals surface area contributed by atoms with Crippen LogP contribution in [0.5, 0.6) is 0 Å². The molecule has 12 rings (SSSR count). The molecule has 0 spiro atoms. The summed E-state index contributed by atoms with van der Waals surface area (Å²) in [5.41, 5.74) is 14.6. The minimum atomic E-state index is 1.16. The highest BCUT2D eigenvalue weighted by molar-refractivity contribution is 7.26. The van der Waals surface area contributed by atoms with Crippen molar-refractivity contribution in [2.75, 3.05) is 0 Å². The smallest absolute Gasteiger partial charge is 0.0547 e. The molecule has 12 aromatic rings. The van der Waals surface area contributed by atoms with E-state index >= 15 is 0 Å². The van der Waals surface area contributed by atoms with Crippen molar-refractivity contribution in [3.05, 3.63) is 206 Å². The summed E-state index contributed by atoms with van der Waals surface area (Å²) in [5, 5.41) is 7.72. The summed E-state index contributed by atoms with van der Waals surface area (Å²) >= 11 is 1.88. The summed E-state index contributed by atoms with van der Waals surface area (Å²) in [6, 6.07) is 75.5. The van der Waals surface area contributed by atoms with Crippen LogP contribution in [0.1, 0.15) is 0 Å². The second kappa shape index (κ2) is 12.7. The average molecular weight is 743 g/mol. The van der Waals surface area contributed by atoms with Gasteiger partial charge in [0.25, 0.3) is 0 Å². The van der Waals surface area contributed by atoms with E-state index in [4.69, 9.17) is 0 Å². The van der Waals surface area contributed by atoms with E-state index in [0.717, 1.165) is 5.69 Å². The van der Waals surface area contributed by atoms with E-state index in [1.54, 1.807) is 0 Å². The highest BCUT2D eigenvalue weighted by Crippen LogP contribution is 2.42. The normalized spacial score (nSPS) is 11.9. The zero-order valence-electron chi connectivity index (χ0n) is 30.9. The second-order valence-electron chi connectivity index (χ2n) is 14.9. The van der Waals surface area contributed by atoms with E-state index in [9.17, 15) is 0 Å². The molecule has 0 bridgehead atoms. The van der Waals surface area contributed by atoms with Gasteiger partial charge in [-0.25, -0.2) is 0 Å². The van der Waals surface area contributed by atoms with Gasteiger partial charge < -0.3 is 9.13 Å². The van der Waals surface area contributed by atoms with Crippen LogP contribution in [0.25, 0.3) is 109 Å². The van der Waals surface area contributed by atoms with Gasteiger partial charge in [-0.15, -0.1) is 11.3 Å². The highest BCUT2D eigenvalue weighted by atomic mass is 32.1. The van der Waals surface area contributed by atoms with Crippen molar-refractivity contribution >= 4 is 75.1 Å². The lowest BCUT2D eigenvalue weighted by Gasteiger charge is -2.11. The lowest BCUT2D eigenvalue weighted by atomic mass is 9.96. The molecule has 266 valence electrons. The van der Waals surface area contributed by atoms with Gasteiger partial charge in [0.05, 0.1) is 22.1 Å². The molecule has 0 aliphatic carbocycles. The van der Waals surface area contributed by atoms with Crippen LogP contribution in [0.3, 0.4) is 0 Å². The molecule has 0 aliphatic rings. The van der Waals surface area contributed by atoms with Gasteiger partial charge in [0, 0.05) is 53.1 Å². The van der Waals surface area contributed by atoms with Crippen molar-refractivity contribution in [1.29, 1.82) is 0 Å². The maximum Gasteiger partial charge on any atom is 0.0547 e. The molecular formula is C54H34N2S. The molecule has 3 aromatic heterocycles. The van der Waals surface area contributed by atoms with E-state index in [1.165, 1.54) is 103 Å². The number of nitrogens with zero attached hydrogens (tertiary/aromatic N) is 2. The van der Waals surface area contributed by atoms with Crippen molar-refractivity contribution < 1.29 is 0 Å². The molecule has 0 N–H and O–H groups in total. The SMILES string of the molecule is c1ccc(-n2c3ccccc3c3c(-c4ccc(-c5ccc6c(c5)c5ccccc5n6-c5ccc(-c6cccc7c6sc6ccccc67)cc5)cc4)cccc32)cc1. The lowest BCUT2D eigenvalue weighted by Crippen LogP contribution is -1.93. The Balaban J connectivity index is 0.926. The Morgan fingerprint density at radius 2 is 0.825 bits per heavy atom. The van der Waals surface area contributed by atoms with E-state index in [2.05, 4.69) is 215 Å². The molecule has 0 unspecified atom stereocenters. The number of rotatable bonds is 5. The summed E-state index contributed by atoms with van der Waals surface area (Å²) < 4.78 is 7.47. The van der Waals surface area contributed by atoms with Crippen LogP contribution in [0.4, 0.5) is 0 Å². The third-order valence-electron chi connectivity index (χ3n) is 11.8. The Labute approximate surface area is 333 Å². The van der Waals surface area contributed by atoms with Crippen molar-refractivity contribution in [2.45, 2.75) is 0 Å². The number of thiophene rings is 1. The van der Waals surface area contributed by atoms with Gasteiger partial charge in [0.2, 0.25) is 0 Å². The first-order valence-electron chi connectivity index (χ1n) is 19.5. The number of aromatic nitrogens is 2. The van der Waals surface area contributed by atoms with E-state index in [0.29, 0.717) is 0 Å². The zero-order valence-corrected chi connectivity index (χ0v) is 31.7. The first kappa shape index (κ1) is 32.1. The van der Waals surface area contributed by atoms with Crippen LogP contribution in [0.2, 0.25) is 0 Å². The lowest BCUT2D eigenvalue weighted by molar-refractivity contribution is 1.18. The molecule has 3 heteroatoms. The third kappa shape index (κ3) is 4.96. The molecule has 0 fully saturated rings. The summed E-state index contributed by atoms with van der Waals surface area (Å²) in [6.07, 6.45) is 0. The molecule has 3 heterocycles. The van der Waals surface area contributed by atoms with Gasteiger partial charge in [0.15, 0.2) is 0 Å². The van der Waals surface area contributed by atoms with E-state index < -0.39 is 0 Å². The highest BCUT2D eigenvalue weighted by Gasteiger charge is 2.17. The molecular weight excluding hydrogens is 709 g/mol. The third-order valence-corrected chi connectivity index (χ3v) is 13.0. The van der Waals surface area contributed by atoms with Gasteiger partial charge in [-0.3, -0.25) is 0 Å². The van der Waals surface area contributed by atoms with E-state index in [1.807, 2.05) is 11.3 Å². The molecule has 0 amide bonds. The van der Waals surface area contributed by atoms with Crippen LogP contribution < -0.4 is 0 Å². The van der Waals surface area contributed by atoms with Crippen LogP contribution in [-0.4, -0.2) is 9.13 Å².